The van der Waals surface area contributed by atoms with Crippen molar-refractivity contribution in [1.29, 1.82) is 0 Å². The molecule has 0 N–H and O–H groups in total. The van der Waals surface area contributed by atoms with Crippen LogP contribution in [0.3, 0.4) is 0 Å². The summed E-state index contributed by atoms with van der Waals surface area (Å²) < 4.78 is 0. The van der Waals surface area contributed by atoms with E-state index < -0.39 is 0 Å². The van der Waals surface area contributed by atoms with Crippen molar-refractivity contribution in [3.8, 4) is 0 Å². The van der Waals surface area contributed by atoms with Gasteiger partial charge in [-0.1, -0.05) is 25.5 Å². The maximum Gasteiger partial charge on any atom is 0.261 e. The van der Waals surface area contributed by atoms with Crippen LogP contribution in [0.2, 0.25) is 0 Å². The molecule has 134 valence electrons. The summed E-state index contributed by atoms with van der Waals surface area (Å²) in [4.78, 5) is 42.2. The van der Waals surface area contributed by atoms with Crippen LogP contribution in [0.5, 0.6) is 0 Å². The molecule has 1 aromatic carbocycles. The number of carbonyl (C=O) groups is 3. The molecule has 1 aromatic rings. The quantitative estimate of drug-likeness (QED) is 0.737. The predicted molar refractivity (Wildman–Crippen MR) is 94.4 cm³/mol. The Kier molecular flexibility index (Phi) is 5.48. The Morgan fingerprint density at radius 1 is 0.960 bits per heavy atom. The van der Waals surface area contributed by atoms with Gasteiger partial charge in [-0.05, 0) is 18.6 Å². The monoisotopic (exact) mass is 343 g/mol. The summed E-state index contributed by atoms with van der Waals surface area (Å²) in [5.74, 6) is -0.162. The van der Waals surface area contributed by atoms with E-state index in [1.165, 1.54) is 4.90 Å². The Bertz CT molecular complexity index is 631. The third kappa shape index (κ3) is 3.74. The first kappa shape index (κ1) is 17.6. The van der Waals surface area contributed by atoms with Crippen LogP contribution in [0.25, 0.3) is 0 Å². The second kappa shape index (κ2) is 7.78. The van der Waals surface area contributed by atoms with E-state index in [0.29, 0.717) is 30.6 Å². The Morgan fingerprint density at radius 2 is 1.56 bits per heavy atom. The van der Waals surface area contributed by atoms with Gasteiger partial charge in [0.25, 0.3) is 11.8 Å². The minimum Gasteiger partial charge on any atom is -0.340 e. The molecule has 2 aliphatic rings. The summed E-state index contributed by atoms with van der Waals surface area (Å²) in [7, 11) is 0. The van der Waals surface area contributed by atoms with Crippen molar-refractivity contribution >= 4 is 17.7 Å². The van der Waals surface area contributed by atoms with Gasteiger partial charge in [-0.15, -0.1) is 0 Å². The third-order valence-electron chi connectivity index (χ3n) is 4.99. The topological polar surface area (TPSA) is 60.9 Å². The van der Waals surface area contributed by atoms with Crippen molar-refractivity contribution in [1.82, 2.24) is 14.7 Å². The van der Waals surface area contributed by atoms with Gasteiger partial charge >= 0.3 is 0 Å². The predicted octanol–water partition coefficient (Wildman–Crippen LogP) is 1.62. The zero-order valence-corrected chi connectivity index (χ0v) is 14.7. The molecule has 6 nitrogen and oxygen atoms in total. The van der Waals surface area contributed by atoms with Gasteiger partial charge in [-0.25, -0.2) is 0 Å². The maximum absolute atomic E-state index is 12.4. The number of rotatable bonds is 6. The molecule has 0 aliphatic carbocycles. The van der Waals surface area contributed by atoms with Gasteiger partial charge in [0.05, 0.1) is 11.1 Å². The summed E-state index contributed by atoms with van der Waals surface area (Å²) in [5, 5.41) is 0. The first-order valence-electron chi connectivity index (χ1n) is 9.07. The van der Waals surface area contributed by atoms with E-state index in [9.17, 15) is 14.4 Å². The summed E-state index contributed by atoms with van der Waals surface area (Å²) >= 11 is 0. The number of nitrogens with zero attached hydrogens (tertiary/aromatic N) is 3. The molecular weight excluding hydrogens is 318 g/mol. The molecule has 2 heterocycles. The lowest BCUT2D eigenvalue weighted by atomic mass is 10.1. The molecule has 6 heteroatoms. The number of benzene rings is 1. The van der Waals surface area contributed by atoms with Gasteiger partial charge in [0.2, 0.25) is 5.91 Å². The van der Waals surface area contributed by atoms with Crippen LogP contribution < -0.4 is 0 Å². The zero-order valence-electron chi connectivity index (χ0n) is 14.7. The summed E-state index contributed by atoms with van der Waals surface area (Å²) in [6.45, 7) is 6.18. The van der Waals surface area contributed by atoms with Crippen LogP contribution in [0.15, 0.2) is 24.3 Å². The van der Waals surface area contributed by atoms with E-state index in [2.05, 4.69) is 11.8 Å². The van der Waals surface area contributed by atoms with E-state index in [-0.39, 0.29) is 17.7 Å². The van der Waals surface area contributed by atoms with Crippen LogP contribution >= 0.6 is 0 Å². The van der Waals surface area contributed by atoms with E-state index in [1.54, 1.807) is 24.3 Å². The minimum absolute atomic E-state index is 0.200. The lowest BCUT2D eigenvalue weighted by Gasteiger charge is -2.35. The van der Waals surface area contributed by atoms with Gasteiger partial charge < -0.3 is 4.90 Å². The molecule has 0 aromatic heterocycles. The molecule has 0 radical (unpaired) electrons. The fourth-order valence-corrected chi connectivity index (χ4v) is 3.39. The van der Waals surface area contributed by atoms with Crippen LogP contribution in [0.4, 0.5) is 0 Å². The normalized spacial score (nSPS) is 18.0. The fourth-order valence-electron chi connectivity index (χ4n) is 3.39. The first-order chi connectivity index (χ1) is 12.1. The van der Waals surface area contributed by atoms with Crippen LogP contribution in [0.1, 0.15) is 46.9 Å². The number of amides is 3. The standard InChI is InChI=1S/C19H25N3O3/c1-2-3-8-17(23)21-12-9-20(10-13-21)11-14-22-18(24)15-6-4-5-7-16(15)19(22)25/h4-7H,2-3,8-14H2,1H3. The van der Waals surface area contributed by atoms with Gasteiger partial charge in [-0.3, -0.25) is 24.2 Å². The molecule has 0 unspecified atom stereocenters. The molecule has 3 amide bonds. The number of hydrogen-bond donors (Lipinski definition) is 0. The van der Waals surface area contributed by atoms with Gasteiger partial charge in [-0.2, -0.15) is 0 Å². The molecule has 0 spiro atoms. The molecule has 0 atom stereocenters. The summed E-state index contributed by atoms with van der Waals surface area (Å²) in [5.41, 5.74) is 0.998. The number of hydrogen-bond acceptors (Lipinski definition) is 4. The van der Waals surface area contributed by atoms with E-state index >= 15 is 0 Å². The molecular formula is C19H25N3O3. The van der Waals surface area contributed by atoms with Crippen molar-refractivity contribution in [2.45, 2.75) is 26.2 Å². The highest BCUT2D eigenvalue weighted by Crippen LogP contribution is 2.22. The number of fused-ring (bicyclic) bond motifs is 1. The highest BCUT2D eigenvalue weighted by atomic mass is 16.2. The lowest BCUT2D eigenvalue weighted by Crippen LogP contribution is -2.50. The molecule has 25 heavy (non-hydrogen) atoms. The fraction of sp³-hybridized carbons (Fsp3) is 0.526. The van der Waals surface area contributed by atoms with Crippen molar-refractivity contribution in [3.05, 3.63) is 35.4 Å². The van der Waals surface area contributed by atoms with Crippen molar-refractivity contribution in [2.24, 2.45) is 0 Å². The molecule has 3 rings (SSSR count). The molecule has 2 aliphatic heterocycles. The molecule has 0 saturated carbocycles. The Labute approximate surface area is 148 Å². The van der Waals surface area contributed by atoms with Crippen LogP contribution in [-0.2, 0) is 4.79 Å². The minimum atomic E-state index is -0.200. The van der Waals surface area contributed by atoms with Crippen molar-refractivity contribution in [3.63, 3.8) is 0 Å². The number of piperazine rings is 1. The Morgan fingerprint density at radius 3 is 2.12 bits per heavy atom. The Balaban J connectivity index is 1.47. The summed E-state index contributed by atoms with van der Waals surface area (Å²) in [6.07, 6.45) is 2.61. The van der Waals surface area contributed by atoms with E-state index in [4.69, 9.17) is 0 Å². The number of imide groups is 1. The average Bonchev–Trinajstić information content (AvgIpc) is 2.89. The largest absolute Gasteiger partial charge is 0.340 e. The Hall–Kier alpha value is -2.21. The van der Waals surface area contributed by atoms with Gasteiger partial charge in [0.1, 0.15) is 0 Å². The molecule has 1 fully saturated rings. The van der Waals surface area contributed by atoms with E-state index in [1.807, 2.05) is 4.90 Å². The lowest BCUT2D eigenvalue weighted by molar-refractivity contribution is -0.133. The second-order valence-electron chi connectivity index (χ2n) is 6.63. The van der Waals surface area contributed by atoms with Crippen LogP contribution in [-0.4, -0.2) is 71.7 Å². The van der Waals surface area contributed by atoms with Crippen molar-refractivity contribution in [2.75, 3.05) is 39.3 Å². The highest BCUT2D eigenvalue weighted by Gasteiger charge is 2.35. The average molecular weight is 343 g/mol. The number of carbonyl (C=O) groups excluding carboxylic acids is 3. The van der Waals surface area contributed by atoms with Gasteiger partial charge in [0.15, 0.2) is 0 Å². The SMILES string of the molecule is CCCCC(=O)N1CCN(CCN2C(=O)c3ccccc3C2=O)CC1. The first-order valence-corrected chi connectivity index (χ1v) is 9.07. The third-order valence-corrected chi connectivity index (χ3v) is 4.99. The maximum atomic E-state index is 12.4. The van der Waals surface area contributed by atoms with Crippen LogP contribution in [0, 0.1) is 0 Å². The highest BCUT2D eigenvalue weighted by molar-refractivity contribution is 6.21. The number of unbranched alkanes of at least 4 members (excludes halogenated alkanes) is 1. The smallest absolute Gasteiger partial charge is 0.261 e. The van der Waals surface area contributed by atoms with Gasteiger partial charge in [0, 0.05) is 45.7 Å². The second-order valence-corrected chi connectivity index (χ2v) is 6.63. The summed E-state index contributed by atoms with van der Waals surface area (Å²) in [6, 6.07) is 6.97. The van der Waals surface area contributed by atoms with Crippen molar-refractivity contribution < 1.29 is 14.4 Å². The van der Waals surface area contributed by atoms with E-state index in [0.717, 1.165) is 39.0 Å². The zero-order chi connectivity index (χ0) is 17.8. The molecule has 1 saturated heterocycles. The molecule has 0 bridgehead atoms.